The Balaban J connectivity index is 1.76. The maximum atomic E-state index is 13.6. The lowest BCUT2D eigenvalue weighted by atomic mass is 9.83. The molecule has 0 spiro atoms. The summed E-state index contributed by atoms with van der Waals surface area (Å²) in [5.74, 6) is 0.0608. The van der Waals surface area contributed by atoms with Crippen molar-refractivity contribution in [3.05, 3.63) is 40.9 Å². The molecule has 1 aliphatic carbocycles. The van der Waals surface area contributed by atoms with E-state index in [1.807, 2.05) is 25.1 Å². The van der Waals surface area contributed by atoms with Gasteiger partial charge in [-0.1, -0.05) is 52.7 Å². The van der Waals surface area contributed by atoms with E-state index in [1.54, 1.807) is 18.3 Å². The van der Waals surface area contributed by atoms with Crippen LogP contribution in [0.1, 0.15) is 75.8 Å². The van der Waals surface area contributed by atoms with Gasteiger partial charge in [-0.3, -0.25) is 14.4 Å². The summed E-state index contributed by atoms with van der Waals surface area (Å²) >= 11 is 1.57. The zero-order valence-corrected chi connectivity index (χ0v) is 25.0. The molecule has 2 atom stereocenters. The van der Waals surface area contributed by atoms with E-state index in [2.05, 4.69) is 48.5 Å². The molecule has 0 saturated heterocycles. The van der Waals surface area contributed by atoms with Crippen LogP contribution in [0.25, 0.3) is 10.2 Å². The van der Waals surface area contributed by atoms with Crippen LogP contribution < -0.4 is 16.0 Å². The molecule has 0 radical (unpaired) electrons. The molecule has 1 aromatic carbocycles. The number of amides is 3. The number of fused-ring (bicyclic) bond motifs is 1. The molecule has 1 aromatic heterocycles. The standard InChI is InChI=1S/C30H45N5O3S/c1-7-27(36)32-24(16-28-33-23-14-13-22(19(2)3)15-26(23)39-28)30(38)34-25(21-11-9-8-10-12-21)17-31-29(37)20(4)18-35(5)6/h13-15,19,21,24-25H,4,7-12,16-18H2,1-3,5-6H3,(H,31,37)(H,32,36)(H,34,38). The van der Waals surface area contributed by atoms with Gasteiger partial charge in [-0.05, 0) is 56.5 Å². The van der Waals surface area contributed by atoms with E-state index in [9.17, 15) is 14.4 Å². The molecule has 0 aliphatic heterocycles. The fraction of sp³-hybridized carbons (Fsp3) is 0.600. The Bertz CT molecular complexity index is 1150. The Morgan fingerprint density at radius 2 is 1.85 bits per heavy atom. The molecule has 0 bridgehead atoms. The van der Waals surface area contributed by atoms with Gasteiger partial charge in [0.1, 0.15) is 6.04 Å². The Hall–Kier alpha value is -2.78. The number of likely N-dealkylation sites (N-methyl/N-ethyl adjacent to an activating group) is 1. The number of nitrogens with zero attached hydrogens (tertiary/aromatic N) is 2. The van der Waals surface area contributed by atoms with E-state index >= 15 is 0 Å². The SMILES string of the molecule is C=C(CN(C)C)C(=O)NCC(NC(=O)C(Cc1nc2ccc(C(C)C)cc2s1)NC(=O)CC)C1CCCCC1. The number of hydrogen-bond donors (Lipinski definition) is 3. The van der Waals surface area contributed by atoms with Crippen LogP contribution in [0.3, 0.4) is 0 Å². The summed E-state index contributed by atoms with van der Waals surface area (Å²) < 4.78 is 1.08. The summed E-state index contributed by atoms with van der Waals surface area (Å²) in [6.45, 7) is 10.8. The monoisotopic (exact) mass is 555 g/mol. The number of benzene rings is 1. The van der Waals surface area contributed by atoms with Gasteiger partial charge in [0.25, 0.3) is 0 Å². The fourth-order valence-electron chi connectivity index (χ4n) is 5.05. The fourth-order valence-corrected chi connectivity index (χ4v) is 6.11. The van der Waals surface area contributed by atoms with Crippen molar-refractivity contribution in [2.24, 2.45) is 5.92 Å². The number of nitrogens with one attached hydrogen (secondary N) is 3. The van der Waals surface area contributed by atoms with Crippen molar-refractivity contribution in [1.29, 1.82) is 0 Å². The Morgan fingerprint density at radius 1 is 1.13 bits per heavy atom. The molecule has 2 aromatic rings. The molecule has 3 rings (SSSR count). The zero-order chi connectivity index (χ0) is 28.5. The van der Waals surface area contributed by atoms with Crippen molar-refractivity contribution in [3.63, 3.8) is 0 Å². The van der Waals surface area contributed by atoms with Gasteiger partial charge in [0.15, 0.2) is 0 Å². The lowest BCUT2D eigenvalue weighted by molar-refractivity contribution is -0.129. The second-order valence-electron chi connectivity index (χ2n) is 11.2. The average Bonchev–Trinajstić information content (AvgIpc) is 3.31. The summed E-state index contributed by atoms with van der Waals surface area (Å²) in [6.07, 6.45) is 6.02. The van der Waals surface area contributed by atoms with E-state index in [0.29, 0.717) is 31.0 Å². The largest absolute Gasteiger partial charge is 0.350 e. The van der Waals surface area contributed by atoms with Crippen molar-refractivity contribution in [1.82, 2.24) is 25.8 Å². The van der Waals surface area contributed by atoms with E-state index in [0.717, 1.165) is 40.9 Å². The van der Waals surface area contributed by atoms with E-state index in [-0.39, 0.29) is 36.1 Å². The van der Waals surface area contributed by atoms with Crippen LogP contribution in [0, 0.1) is 5.92 Å². The molecule has 1 fully saturated rings. The topological polar surface area (TPSA) is 103 Å². The van der Waals surface area contributed by atoms with Crippen molar-refractivity contribution < 1.29 is 14.4 Å². The zero-order valence-electron chi connectivity index (χ0n) is 24.1. The smallest absolute Gasteiger partial charge is 0.247 e. The van der Waals surface area contributed by atoms with Crippen LogP contribution in [0.2, 0.25) is 0 Å². The van der Waals surface area contributed by atoms with Crippen molar-refractivity contribution in [2.45, 2.75) is 83.7 Å². The van der Waals surface area contributed by atoms with Gasteiger partial charge in [0, 0.05) is 37.5 Å². The van der Waals surface area contributed by atoms with Gasteiger partial charge >= 0.3 is 0 Å². The summed E-state index contributed by atoms with van der Waals surface area (Å²) in [4.78, 5) is 45.3. The maximum Gasteiger partial charge on any atom is 0.247 e. The minimum atomic E-state index is -0.743. The van der Waals surface area contributed by atoms with Crippen LogP contribution in [-0.4, -0.2) is 66.9 Å². The molecule has 214 valence electrons. The predicted octanol–water partition coefficient (Wildman–Crippen LogP) is 4.16. The van der Waals surface area contributed by atoms with E-state index in [1.165, 1.54) is 12.0 Å². The van der Waals surface area contributed by atoms with Gasteiger partial charge < -0.3 is 20.9 Å². The van der Waals surface area contributed by atoms with Gasteiger partial charge in [-0.15, -0.1) is 11.3 Å². The number of rotatable bonds is 13. The third kappa shape index (κ3) is 9.14. The number of carbonyl (C=O) groups is 3. The second kappa shape index (κ2) is 14.6. The third-order valence-corrected chi connectivity index (χ3v) is 8.37. The minimum Gasteiger partial charge on any atom is -0.350 e. The number of hydrogen-bond acceptors (Lipinski definition) is 6. The highest BCUT2D eigenvalue weighted by Crippen LogP contribution is 2.28. The molecule has 2 unspecified atom stereocenters. The third-order valence-electron chi connectivity index (χ3n) is 7.33. The first kappa shape index (κ1) is 30.8. The average molecular weight is 556 g/mol. The maximum absolute atomic E-state index is 13.6. The molecule has 1 saturated carbocycles. The Labute approximate surface area is 237 Å². The molecule has 3 N–H and O–H groups in total. The molecular formula is C30H45N5O3S. The molecule has 8 nitrogen and oxygen atoms in total. The first-order valence-corrected chi connectivity index (χ1v) is 15.0. The molecule has 9 heteroatoms. The van der Waals surface area contributed by atoms with Gasteiger partial charge in [-0.2, -0.15) is 0 Å². The Kier molecular flexibility index (Phi) is 11.5. The molecular weight excluding hydrogens is 510 g/mol. The first-order chi connectivity index (χ1) is 18.6. The molecule has 1 aliphatic rings. The van der Waals surface area contributed by atoms with Crippen molar-refractivity contribution >= 4 is 39.3 Å². The molecule has 39 heavy (non-hydrogen) atoms. The van der Waals surface area contributed by atoms with Crippen molar-refractivity contribution in [3.8, 4) is 0 Å². The van der Waals surface area contributed by atoms with Crippen LogP contribution in [0.5, 0.6) is 0 Å². The highest BCUT2D eigenvalue weighted by Gasteiger charge is 2.30. The number of carbonyl (C=O) groups excluding carboxylic acids is 3. The summed E-state index contributed by atoms with van der Waals surface area (Å²) in [7, 11) is 3.78. The quantitative estimate of drug-likeness (QED) is 0.322. The van der Waals surface area contributed by atoms with Crippen LogP contribution in [0.15, 0.2) is 30.4 Å². The van der Waals surface area contributed by atoms with Crippen molar-refractivity contribution in [2.75, 3.05) is 27.2 Å². The minimum absolute atomic E-state index is 0.180. The normalized spacial score (nSPS) is 15.8. The van der Waals surface area contributed by atoms with Crippen LogP contribution >= 0.6 is 11.3 Å². The lowest BCUT2D eigenvalue weighted by Gasteiger charge is -2.32. The van der Waals surface area contributed by atoms with Gasteiger partial charge in [0.05, 0.1) is 15.2 Å². The lowest BCUT2D eigenvalue weighted by Crippen LogP contribution is -2.55. The van der Waals surface area contributed by atoms with Crippen LogP contribution in [-0.2, 0) is 20.8 Å². The summed E-state index contributed by atoms with van der Waals surface area (Å²) in [6, 6.07) is 5.31. The second-order valence-corrected chi connectivity index (χ2v) is 12.3. The first-order valence-electron chi connectivity index (χ1n) is 14.2. The van der Waals surface area contributed by atoms with Gasteiger partial charge in [-0.25, -0.2) is 4.98 Å². The summed E-state index contributed by atoms with van der Waals surface area (Å²) in [5.41, 5.74) is 2.64. The number of thiazole rings is 1. The molecule has 3 amide bonds. The van der Waals surface area contributed by atoms with E-state index in [4.69, 9.17) is 4.98 Å². The Morgan fingerprint density at radius 3 is 2.49 bits per heavy atom. The molecule has 1 heterocycles. The van der Waals surface area contributed by atoms with Gasteiger partial charge in [0.2, 0.25) is 17.7 Å². The predicted molar refractivity (Wildman–Crippen MR) is 159 cm³/mol. The van der Waals surface area contributed by atoms with Crippen LogP contribution in [0.4, 0.5) is 0 Å². The summed E-state index contributed by atoms with van der Waals surface area (Å²) in [5, 5.41) is 9.90. The number of aromatic nitrogens is 1. The van der Waals surface area contributed by atoms with E-state index < -0.39 is 6.04 Å². The highest BCUT2D eigenvalue weighted by atomic mass is 32.1. The highest BCUT2D eigenvalue weighted by molar-refractivity contribution is 7.18.